The van der Waals surface area contributed by atoms with Crippen LogP contribution < -0.4 is 15.4 Å². The number of benzene rings is 2. The Labute approximate surface area is 133 Å². The van der Waals surface area contributed by atoms with E-state index in [1.807, 2.05) is 18.2 Å². The molecule has 0 aliphatic heterocycles. The van der Waals surface area contributed by atoms with Gasteiger partial charge in [-0.1, -0.05) is 35.9 Å². The minimum Gasteiger partial charge on any atom is -0.484 e. The number of ether oxygens (including phenoxy) is 1. The summed E-state index contributed by atoms with van der Waals surface area (Å²) in [5, 5.41) is 5.64. The van der Waals surface area contributed by atoms with E-state index < -0.39 is 0 Å². The Morgan fingerprint density at radius 2 is 1.77 bits per heavy atom. The van der Waals surface area contributed by atoms with Gasteiger partial charge in [0.1, 0.15) is 5.75 Å². The predicted molar refractivity (Wildman–Crippen MR) is 85.0 cm³/mol. The van der Waals surface area contributed by atoms with Crippen LogP contribution in [0.4, 0.5) is 5.69 Å². The molecule has 0 heterocycles. The van der Waals surface area contributed by atoms with Crippen LogP contribution in [-0.4, -0.2) is 25.0 Å². The Kier molecular flexibility index (Phi) is 5.80. The smallest absolute Gasteiger partial charge is 0.258 e. The van der Waals surface area contributed by atoms with Crippen molar-refractivity contribution in [1.82, 2.24) is 5.32 Å². The molecule has 0 saturated carbocycles. The van der Waals surface area contributed by atoms with Crippen LogP contribution >= 0.6 is 11.6 Å². The fraction of sp³-hybridized carbons (Fsp3) is 0.125. The van der Waals surface area contributed by atoms with Crippen molar-refractivity contribution in [2.45, 2.75) is 0 Å². The first-order valence-corrected chi connectivity index (χ1v) is 7.01. The second-order valence-corrected chi connectivity index (χ2v) is 4.87. The van der Waals surface area contributed by atoms with E-state index >= 15 is 0 Å². The number of anilines is 1. The lowest BCUT2D eigenvalue weighted by Crippen LogP contribution is -2.35. The number of nitrogens with one attached hydrogen (secondary N) is 2. The summed E-state index contributed by atoms with van der Waals surface area (Å²) in [7, 11) is 0. The highest BCUT2D eigenvalue weighted by atomic mass is 35.5. The highest BCUT2D eigenvalue weighted by molar-refractivity contribution is 6.30. The van der Waals surface area contributed by atoms with Crippen molar-refractivity contribution in [1.29, 1.82) is 0 Å². The molecule has 0 unspecified atom stereocenters. The molecule has 0 spiro atoms. The van der Waals surface area contributed by atoms with Crippen LogP contribution in [-0.2, 0) is 9.59 Å². The van der Waals surface area contributed by atoms with Crippen LogP contribution in [0.1, 0.15) is 0 Å². The van der Waals surface area contributed by atoms with Gasteiger partial charge in [0.05, 0.1) is 6.54 Å². The normalized spacial score (nSPS) is 9.86. The monoisotopic (exact) mass is 318 g/mol. The van der Waals surface area contributed by atoms with Crippen molar-refractivity contribution in [3.05, 3.63) is 59.6 Å². The molecule has 0 aliphatic rings. The number of hydrogen-bond acceptors (Lipinski definition) is 3. The molecule has 2 N–H and O–H groups in total. The number of para-hydroxylation sites is 1. The standard InChI is InChI=1S/C16H15ClN2O3/c17-12-5-4-6-13(9-12)19-15(20)10-18-16(21)11-22-14-7-2-1-3-8-14/h1-9H,10-11H2,(H,18,21)(H,19,20). The van der Waals surface area contributed by atoms with Crippen LogP contribution in [0.15, 0.2) is 54.6 Å². The highest BCUT2D eigenvalue weighted by Crippen LogP contribution is 2.14. The third kappa shape index (κ3) is 5.46. The zero-order valence-electron chi connectivity index (χ0n) is 11.7. The third-order valence-corrected chi connectivity index (χ3v) is 2.90. The number of carbonyl (C=O) groups excluding carboxylic acids is 2. The lowest BCUT2D eigenvalue weighted by atomic mass is 10.3. The van der Waals surface area contributed by atoms with Gasteiger partial charge in [-0.15, -0.1) is 0 Å². The molecule has 0 aromatic heterocycles. The van der Waals surface area contributed by atoms with Gasteiger partial charge in [0, 0.05) is 10.7 Å². The average molecular weight is 319 g/mol. The fourth-order valence-electron chi connectivity index (χ4n) is 1.67. The SMILES string of the molecule is O=C(COc1ccccc1)NCC(=O)Nc1cccc(Cl)c1. The van der Waals surface area contributed by atoms with E-state index in [1.54, 1.807) is 36.4 Å². The van der Waals surface area contributed by atoms with Gasteiger partial charge in [-0.05, 0) is 30.3 Å². The summed E-state index contributed by atoms with van der Waals surface area (Å²) in [5.74, 6) is -0.110. The second kappa shape index (κ2) is 8.05. The lowest BCUT2D eigenvalue weighted by Gasteiger charge is -2.08. The topological polar surface area (TPSA) is 67.4 Å². The quantitative estimate of drug-likeness (QED) is 0.860. The molecule has 0 bridgehead atoms. The molecule has 2 rings (SSSR count). The molecule has 5 nitrogen and oxygen atoms in total. The maximum atomic E-state index is 11.7. The van der Waals surface area contributed by atoms with Crippen molar-refractivity contribution in [2.75, 3.05) is 18.5 Å². The molecule has 22 heavy (non-hydrogen) atoms. The first-order valence-electron chi connectivity index (χ1n) is 6.63. The van der Waals surface area contributed by atoms with E-state index in [9.17, 15) is 9.59 Å². The van der Waals surface area contributed by atoms with Gasteiger partial charge < -0.3 is 15.4 Å². The Morgan fingerprint density at radius 1 is 1.00 bits per heavy atom. The van der Waals surface area contributed by atoms with E-state index in [2.05, 4.69) is 10.6 Å². The Hall–Kier alpha value is -2.53. The number of hydrogen-bond donors (Lipinski definition) is 2. The summed E-state index contributed by atoms with van der Waals surface area (Å²) in [6.07, 6.45) is 0. The largest absolute Gasteiger partial charge is 0.484 e. The molecular weight excluding hydrogens is 304 g/mol. The molecule has 2 aromatic rings. The molecule has 114 valence electrons. The van der Waals surface area contributed by atoms with E-state index in [4.69, 9.17) is 16.3 Å². The number of amides is 2. The number of halogens is 1. The Balaban J connectivity index is 1.70. The minimum atomic E-state index is -0.370. The van der Waals surface area contributed by atoms with Crippen molar-refractivity contribution in [3.8, 4) is 5.75 Å². The van der Waals surface area contributed by atoms with Gasteiger partial charge in [-0.25, -0.2) is 0 Å². The fourth-order valence-corrected chi connectivity index (χ4v) is 1.86. The van der Waals surface area contributed by atoms with Crippen molar-refractivity contribution in [2.24, 2.45) is 0 Å². The first kappa shape index (κ1) is 15.9. The zero-order valence-corrected chi connectivity index (χ0v) is 12.5. The molecule has 0 aliphatic carbocycles. The van der Waals surface area contributed by atoms with Crippen molar-refractivity contribution >= 4 is 29.1 Å². The van der Waals surface area contributed by atoms with Gasteiger partial charge in [-0.3, -0.25) is 9.59 Å². The second-order valence-electron chi connectivity index (χ2n) is 4.44. The average Bonchev–Trinajstić information content (AvgIpc) is 2.52. The predicted octanol–water partition coefficient (Wildman–Crippen LogP) is 2.47. The van der Waals surface area contributed by atoms with Crippen LogP contribution in [0.3, 0.4) is 0 Å². The Morgan fingerprint density at radius 3 is 2.50 bits per heavy atom. The lowest BCUT2D eigenvalue weighted by molar-refractivity contribution is -0.125. The number of carbonyl (C=O) groups is 2. The van der Waals surface area contributed by atoms with Gasteiger partial charge in [0.15, 0.2) is 6.61 Å². The molecule has 2 amide bonds. The van der Waals surface area contributed by atoms with Crippen LogP contribution in [0.5, 0.6) is 5.75 Å². The maximum Gasteiger partial charge on any atom is 0.258 e. The summed E-state index contributed by atoms with van der Waals surface area (Å²) in [4.78, 5) is 23.3. The summed E-state index contributed by atoms with van der Waals surface area (Å²) in [5.41, 5.74) is 0.576. The van der Waals surface area contributed by atoms with Gasteiger partial charge in [-0.2, -0.15) is 0 Å². The summed E-state index contributed by atoms with van der Waals surface area (Å²) < 4.78 is 5.27. The molecule has 2 aromatic carbocycles. The van der Waals surface area contributed by atoms with Gasteiger partial charge in [0.2, 0.25) is 5.91 Å². The molecular formula is C16H15ClN2O3. The first-order chi connectivity index (χ1) is 10.6. The van der Waals surface area contributed by atoms with Crippen LogP contribution in [0, 0.1) is 0 Å². The van der Waals surface area contributed by atoms with E-state index in [1.165, 1.54) is 0 Å². The van der Waals surface area contributed by atoms with Crippen LogP contribution in [0.25, 0.3) is 0 Å². The van der Waals surface area contributed by atoms with Gasteiger partial charge in [0.25, 0.3) is 5.91 Å². The van der Waals surface area contributed by atoms with Crippen LogP contribution in [0.2, 0.25) is 5.02 Å². The van der Waals surface area contributed by atoms with Gasteiger partial charge >= 0.3 is 0 Å². The molecule has 0 fully saturated rings. The van der Waals surface area contributed by atoms with Crippen molar-refractivity contribution in [3.63, 3.8) is 0 Å². The number of rotatable bonds is 6. The van der Waals surface area contributed by atoms with Crippen molar-refractivity contribution < 1.29 is 14.3 Å². The molecule has 0 atom stereocenters. The highest BCUT2D eigenvalue weighted by Gasteiger charge is 2.07. The van der Waals surface area contributed by atoms with E-state index in [0.717, 1.165) is 0 Å². The maximum absolute atomic E-state index is 11.7. The summed E-state index contributed by atoms with van der Waals surface area (Å²) in [6, 6.07) is 15.7. The van der Waals surface area contributed by atoms with E-state index in [0.29, 0.717) is 16.5 Å². The Bertz CT molecular complexity index is 647. The molecule has 6 heteroatoms. The third-order valence-electron chi connectivity index (χ3n) is 2.67. The zero-order chi connectivity index (χ0) is 15.8. The molecule has 0 saturated heterocycles. The summed E-state index contributed by atoms with van der Waals surface area (Å²) in [6.45, 7) is -0.280. The minimum absolute atomic E-state index is 0.135. The van der Waals surface area contributed by atoms with E-state index in [-0.39, 0.29) is 25.0 Å². The summed E-state index contributed by atoms with van der Waals surface area (Å²) >= 11 is 5.82. The molecule has 0 radical (unpaired) electrons.